The molecule has 104 valence electrons. The fraction of sp³-hybridized carbons (Fsp3) is 0.158. The van der Waals surface area contributed by atoms with Gasteiger partial charge in [-0.3, -0.25) is 9.59 Å². The monoisotopic (exact) mass is 276 g/mol. The van der Waals surface area contributed by atoms with E-state index < -0.39 is 0 Å². The maximum atomic E-state index is 12.1. The molecule has 2 heteroatoms. The third-order valence-electron chi connectivity index (χ3n) is 3.90. The molecule has 2 nitrogen and oxygen atoms in total. The Kier molecular flexibility index (Phi) is 3.09. The van der Waals surface area contributed by atoms with Gasteiger partial charge < -0.3 is 0 Å². The van der Waals surface area contributed by atoms with Crippen molar-refractivity contribution in [1.82, 2.24) is 0 Å². The van der Waals surface area contributed by atoms with E-state index >= 15 is 0 Å². The molecule has 0 unspecified atom stereocenters. The molecular formula is C19H16O2. The highest BCUT2D eigenvalue weighted by Crippen LogP contribution is 2.33. The molecule has 0 bridgehead atoms. The second-order valence-electron chi connectivity index (χ2n) is 5.55. The lowest BCUT2D eigenvalue weighted by Gasteiger charge is -2.16. The van der Waals surface area contributed by atoms with Gasteiger partial charge in [-0.2, -0.15) is 0 Å². The molecule has 0 aliphatic carbocycles. The first-order chi connectivity index (χ1) is 10.0. The van der Waals surface area contributed by atoms with Crippen molar-refractivity contribution in [1.29, 1.82) is 0 Å². The molecule has 0 N–H and O–H groups in total. The van der Waals surface area contributed by atoms with Crippen LogP contribution in [0.4, 0.5) is 0 Å². The maximum absolute atomic E-state index is 12.1. The summed E-state index contributed by atoms with van der Waals surface area (Å²) >= 11 is 0. The van der Waals surface area contributed by atoms with Gasteiger partial charge in [0.05, 0.1) is 0 Å². The van der Waals surface area contributed by atoms with E-state index in [4.69, 9.17) is 0 Å². The summed E-state index contributed by atoms with van der Waals surface area (Å²) in [6, 6.07) is 13.5. The quantitative estimate of drug-likeness (QED) is 0.671. The van der Waals surface area contributed by atoms with Crippen molar-refractivity contribution in [3.63, 3.8) is 0 Å². The van der Waals surface area contributed by atoms with E-state index in [1.54, 1.807) is 0 Å². The van der Waals surface area contributed by atoms with E-state index in [0.717, 1.165) is 27.8 Å². The predicted molar refractivity (Wildman–Crippen MR) is 86.4 cm³/mol. The van der Waals surface area contributed by atoms with Gasteiger partial charge >= 0.3 is 0 Å². The van der Waals surface area contributed by atoms with Gasteiger partial charge in [-0.25, -0.2) is 0 Å². The average molecular weight is 276 g/mol. The van der Waals surface area contributed by atoms with Gasteiger partial charge in [-0.05, 0) is 43.0 Å². The molecule has 0 saturated heterocycles. The summed E-state index contributed by atoms with van der Waals surface area (Å²) in [6.45, 7) is 6.01. The van der Waals surface area contributed by atoms with E-state index in [1.165, 1.54) is 0 Å². The minimum Gasteiger partial charge on any atom is -0.285 e. The van der Waals surface area contributed by atoms with Crippen molar-refractivity contribution < 1.29 is 0 Å². The lowest BCUT2D eigenvalue weighted by atomic mass is 9.84. The highest BCUT2D eigenvalue weighted by Gasteiger charge is 2.25. The summed E-state index contributed by atoms with van der Waals surface area (Å²) in [5, 5.41) is 0. The van der Waals surface area contributed by atoms with Crippen LogP contribution in [0.3, 0.4) is 0 Å². The van der Waals surface area contributed by atoms with E-state index in [1.807, 2.05) is 63.2 Å². The molecule has 0 heterocycles. The Bertz CT molecular complexity index is 872. The fourth-order valence-corrected chi connectivity index (χ4v) is 3.08. The van der Waals surface area contributed by atoms with Crippen molar-refractivity contribution in [2.75, 3.05) is 0 Å². The largest absolute Gasteiger partial charge is 0.285 e. The van der Waals surface area contributed by atoms with Crippen LogP contribution >= 0.6 is 0 Å². The van der Waals surface area contributed by atoms with Crippen LogP contribution in [0.1, 0.15) is 16.7 Å². The van der Waals surface area contributed by atoms with Crippen LogP contribution in [0.15, 0.2) is 52.1 Å². The Morgan fingerprint density at radius 3 is 1.76 bits per heavy atom. The molecule has 3 rings (SSSR count). The normalized spacial score (nSPS) is 11.0. The van der Waals surface area contributed by atoms with Crippen LogP contribution in [0, 0.1) is 20.8 Å². The summed E-state index contributed by atoms with van der Waals surface area (Å²) in [4.78, 5) is 24.2. The Labute approximate surface area is 123 Å². The van der Waals surface area contributed by atoms with Gasteiger partial charge in [0.2, 0.25) is 10.9 Å². The topological polar surface area (TPSA) is 34.1 Å². The van der Waals surface area contributed by atoms with Crippen LogP contribution in [0.5, 0.6) is 0 Å². The van der Waals surface area contributed by atoms with Crippen LogP contribution in [-0.2, 0) is 0 Å². The second kappa shape index (κ2) is 4.81. The lowest BCUT2D eigenvalue weighted by molar-refractivity contribution is 1.29. The van der Waals surface area contributed by atoms with Crippen LogP contribution in [0.2, 0.25) is 0 Å². The lowest BCUT2D eigenvalue weighted by Crippen LogP contribution is -2.35. The molecule has 0 aromatic heterocycles. The van der Waals surface area contributed by atoms with E-state index in [-0.39, 0.29) is 10.9 Å². The maximum Gasteiger partial charge on any atom is 0.234 e. The molecular weight excluding hydrogens is 260 g/mol. The highest BCUT2D eigenvalue weighted by molar-refractivity contribution is 5.89. The Morgan fingerprint density at radius 2 is 1.19 bits per heavy atom. The number of aryl methyl sites for hydroxylation is 3. The minimum atomic E-state index is -0.379. The first kappa shape index (κ1) is 13.5. The molecule has 3 aromatic rings. The number of rotatable bonds is 2. The molecule has 0 aliphatic heterocycles. The predicted octanol–water partition coefficient (Wildman–Crippen LogP) is 3.54. The summed E-state index contributed by atoms with van der Waals surface area (Å²) < 4.78 is 0. The van der Waals surface area contributed by atoms with Gasteiger partial charge in [0.1, 0.15) is 0 Å². The van der Waals surface area contributed by atoms with Crippen LogP contribution in [0.25, 0.3) is 22.3 Å². The molecule has 0 aliphatic rings. The summed E-state index contributed by atoms with van der Waals surface area (Å²) in [5.74, 6) is 0. The third-order valence-corrected chi connectivity index (χ3v) is 3.90. The Balaban J connectivity index is 2.30. The van der Waals surface area contributed by atoms with E-state index in [2.05, 4.69) is 0 Å². The van der Waals surface area contributed by atoms with Crippen molar-refractivity contribution in [3.8, 4) is 22.3 Å². The van der Waals surface area contributed by atoms with Gasteiger partial charge in [0.25, 0.3) is 0 Å². The number of hydrogen-bond donors (Lipinski definition) is 0. The van der Waals surface area contributed by atoms with E-state index in [0.29, 0.717) is 11.1 Å². The molecule has 0 atom stereocenters. The zero-order valence-corrected chi connectivity index (χ0v) is 12.4. The molecule has 0 saturated carbocycles. The van der Waals surface area contributed by atoms with Crippen LogP contribution < -0.4 is 10.9 Å². The SMILES string of the molecule is Cc1cc(C)c(-c2c(-c3ccccc3)c(=O)c2=O)c(C)c1. The number of hydrogen-bond acceptors (Lipinski definition) is 2. The fourth-order valence-electron chi connectivity index (χ4n) is 3.08. The van der Waals surface area contributed by atoms with Gasteiger partial charge in [0.15, 0.2) is 0 Å². The van der Waals surface area contributed by atoms with Gasteiger partial charge in [0, 0.05) is 11.1 Å². The molecule has 0 spiro atoms. The van der Waals surface area contributed by atoms with Gasteiger partial charge in [-0.15, -0.1) is 0 Å². The Hall–Kier alpha value is -2.48. The first-order valence-corrected chi connectivity index (χ1v) is 6.97. The van der Waals surface area contributed by atoms with Gasteiger partial charge in [-0.1, -0.05) is 48.0 Å². The smallest absolute Gasteiger partial charge is 0.234 e. The molecule has 0 radical (unpaired) electrons. The van der Waals surface area contributed by atoms with E-state index in [9.17, 15) is 9.59 Å². The van der Waals surface area contributed by atoms with Crippen molar-refractivity contribution >= 4 is 0 Å². The number of benzene rings is 2. The average Bonchev–Trinajstić information content (AvgIpc) is 2.45. The zero-order chi connectivity index (χ0) is 15.1. The Morgan fingerprint density at radius 1 is 0.667 bits per heavy atom. The van der Waals surface area contributed by atoms with Crippen molar-refractivity contribution in [3.05, 3.63) is 79.6 Å². The van der Waals surface area contributed by atoms with Crippen LogP contribution in [-0.4, -0.2) is 0 Å². The molecule has 0 amide bonds. The standard InChI is InChI=1S/C19H16O2/c1-11-9-12(2)15(13(3)10-11)17-16(18(20)19(17)21)14-7-5-4-6-8-14/h4-10H,1-3H3. The third kappa shape index (κ3) is 2.04. The van der Waals surface area contributed by atoms with Crippen molar-refractivity contribution in [2.45, 2.75) is 20.8 Å². The molecule has 0 fully saturated rings. The summed E-state index contributed by atoms with van der Waals surface area (Å²) in [6.07, 6.45) is 0. The molecule has 21 heavy (non-hydrogen) atoms. The zero-order valence-electron chi connectivity index (χ0n) is 12.4. The second-order valence-corrected chi connectivity index (χ2v) is 5.55. The first-order valence-electron chi connectivity index (χ1n) is 6.97. The molecule has 3 aromatic carbocycles. The van der Waals surface area contributed by atoms with Crippen molar-refractivity contribution in [2.24, 2.45) is 0 Å². The highest BCUT2D eigenvalue weighted by atomic mass is 16.2. The summed E-state index contributed by atoms with van der Waals surface area (Å²) in [7, 11) is 0. The minimum absolute atomic E-state index is 0.371. The summed E-state index contributed by atoms with van der Waals surface area (Å²) in [5.41, 5.74) is 5.33.